The maximum absolute atomic E-state index is 10.0. The molecule has 30 heavy (non-hydrogen) atoms. The maximum atomic E-state index is 10.0. The quantitative estimate of drug-likeness (QED) is 0.432. The van der Waals surface area contributed by atoms with E-state index in [4.69, 9.17) is 16.3 Å². The number of aromatic hydroxyl groups is 1. The molecule has 0 unspecified atom stereocenters. The first-order valence-corrected chi connectivity index (χ1v) is 10.0. The second kappa shape index (κ2) is 8.34. The molecule has 0 aliphatic rings. The van der Waals surface area contributed by atoms with E-state index in [0.717, 1.165) is 39.7 Å². The van der Waals surface area contributed by atoms with E-state index in [1.54, 1.807) is 12.1 Å². The van der Waals surface area contributed by atoms with Gasteiger partial charge in [-0.25, -0.2) is 0 Å². The van der Waals surface area contributed by atoms with Crippen molar-refractivity contribution in [2.75, 3.05) is 21.2 Å². The lowest BCUT2D eigenvalue weighted by atomic mass is 9.96. The topological polar surface area (TPSA) is 45.6 Å². The van der Waals surface area contributed by atoms with E-state index < -0.39 is 0 Å². The Morgan fingerprint density at radius 2 is 1.67 bits per heavy atom. The monoisotopic (exact) mass is 418 g/mol. The summed E-state index contributed by atoms with van der Waals surface area (Å²) in [4.78, 5) is 6.68. The van der Waals surface area contributed by atoms with Crippen LogP contribution in [0.3, 0.4) is 0 Å². The number of pyridine rings is 1. The molecule has 0 atom stereocenters. The number of hydrogen-bond acceptors (Lipinski definition) is 4. The Morgan fingerprint density at radius 3 is 2.37 bits per heavy atom. The van der Waals surface area contributed by atoms with Gasteiger partial charge < -0.3 is 14.7 Å². The molecule has 1 heterocycles. The third-order valence-electron chi connectivity index (χ3n) is 5.09. The lowest BCUT2D eigenvalue weighted by molar-refractivity contribution is 0.374. The highest BCUT2D eigenvalue weighted by atomic mass is 35.5. The Morgan fingerprint density at radius 1 is 0.933 bits per heavy atom. The normalized spacial score (nSPS) is 11.2. The van der Waals surface area contributed by atoms with Gasteiger partial charge in [0.05, 0.1) is 17.6 Å². The molecule has 0 aliphatic heterocycles. The molecule has 0 saturated carbocycles. The van der Waals surface area contributed by atoms with Crippen LogP contribution in [-0.4, -0.2) is 36.2 Å². The molecule has 1 N–H and O–H groups in total. The first kappa shape index (κ1) is 20.2. The molecule has 0 spiro atoms. The van der Waals surface area contributed by atoms with Gasteiger partial charge in [-0.3, -0.25) is 4.98 Å². The minimum absolute atomic E-state index is 0.0520. The van der Waals surface area contributed by atoms with Crippen molar-refractivity contribution in [1.82, 2.24) is 9.88 Å². The van der Waals surface area contributed by atoms with Gasteiger partial charge in [-0.05, 0) is 72.2 Å². The van der Waals surface area contributed by atoms with Gasteiger partial charge in [0.25, 0.3) is 0 Å². The average Bonchev–Trinajstić information content (AvgIpc) is 2.75. The van der Waals surface area contributed by atoms with E-state index in [1.165, 1.54) is 12.7 Å². The Bertz CT molecular complexity index is 1200. The zero-order chi connectivity index (χ0) is 21.3. The summed E-state index contributed by atoms with van der Waals surface area (Å²) in [6.07, 6.45) is 1.84. The van der Waals surface area contributed by atoms with E-state index in [0.29, 0.717) is 5.75 Å². The molecule has 4 aromatic rings. The van der Waals surface area contributed by atoms with Gasteiger partial charge in [0.15, 0.2) is 11.5 Å². The number of phenols is 1. The molecule has 0 amide bonds. The van der Waals surface area contributed by atoms with E-state index in [2.05, 4.69) is 54.3 Å². The Hall–Kier alpha value is -3.08. The second-order valence-electron chi connectivity index (χ2n) is 7.53. The van der Waals surface area contributed by atoms with Crippen LogP contribution in [0.1, 0.15) is 5.56 Å². The number of nitrogens with zero attached hydrogens (tertiary/aromatic N) is 2. The number of hydrogen-bond donors (Lipinski definition) is 1. The number of aromatic nitrogens is 1. The standard InChI is InChI=1S/C25H23ClN2O2/c1-28(2)15-16-4-6-17(7-5-16)20-10-11-27-23-9-8-18(12-21(20)23)19-13-22(26)25(29)24(14-19)30-3/h4-14,29H,15H2,1-3H3. The predicted octanol–water partition coefficient (Wildman–Crippen LogP) is 6.00. The van der Waals surface area contributed by atoms with Gasteiger partial charge in [0.1, 0.15) is 0 Å². The molecule has 5 heteroatoms. The number of phenolic OH excluding ortho intramolecular Hbond substituents is 1. The van der Waals surface area contributed by atoms with Crippen LogP contribution < -0.4 is 4.74 Å². The fourth-order valence-corrected chi connectivity index (χ4v) is 3.84. The number of halogens is 1. The molecule has 0 bridgehead atoms. The van der Waals surface area contributed by atoms with Crippen LogP contribution in [0.25, 0.3) is 33.2 Å². The van der Waals surface area contributed by atoms with Crippen LogP contribution in [0, 0.1) is 0 Å². The van der Waals surface area contributed by atoms with E-state index in [9.17, 15) is 5.11 Å². The molecule has 0 radical (unpaired) electrons. The van der Waals surface area contributed by atoms with Crippen molar-refractivity contribution in [1.29, 1.82) is 0 Å². The SMILES string of the molecule is COc1cc(-c2ccc3nccc(-c4ccc(CN(C)C)cc4)c3c2)cc(Cl)c1O. The highest BCUT2D eigenvalue weighted by Crippen LogP contribution is 2.39. The van der Waals surface area contributed by atoms with E-state index in [-0.39, 0.29) is 10.8 Å². The van der Waals surface area contributed by atoms with Crippen molar-refractivity contribution in [3.8, 4) is 33.8 Å². The fraction of sp³-hybridized carbons (Fsp3) is 0.160. The average molecular weight is 419 g/mol. The Balaban J connectivity index is 1.81. The number of fused-ring (bicyclic) bond motifs is 1. The second-order valence-corrected chi connectivity index (χ2v) is 7.94. The predicted molar refractivity (Wildman–Crippen MR) is 123 cm³/mol. The van der Waals surface area contributed by atoms with E-state index >= 15 is 0 Å². The maximum Gasteiger partial charge on any atom is 0.176 e. The molecule has 0 saturated heterocycles. The third-order valence-corrected chi connectivity index (χ3v) is 5.38. The zero-order valence-electron chi connectivity index (χ0n) is 17.2. The largest absolute Gasteiger partial charge is 0.503 e. The summed E-state index contributed by atoms with van der Waals surface area (Å²) in [6, 6.07) is 20.3. The summed E-state index contributed by atoms with van der Waals surface area (Å²) < 4.78 is 5.26. The lowest BCUT2D eigenvalue weighted by Crippen LogP contribution is -2.10. The minimum atomic E-state index is -0.0520. The highest BCUT2D eigenvalue weighted by Gasteiger charge is 2.12. The molecular weight excluding hydrogens is 396 g/mol. The van der Waals surface area contributed by atoms with Crippen molar-refractivity contribution in [3.05, 3.63) is 77.4 Å². The Kier molecular flexibility index (Phi) is 5.62. The van der Waals surface area contributed by atoms with Gasteiger partial charge in [-0.15, -0.1) is 0 Å². The summed E-state index contributed by atoms with van der Waals surface area (Å²) in [5, 5.41) is 11.4. The summed E-state index contributed by atoms with van der Waals surface area (Å²) in [5.41, 5.74) is 6.30. The van der Waals surface area contributed by atoms with E-state index in [1.807, 2.05) is 24.4 Å². The summed E-state index contributed by atoms with van der Waals surface area (Å²) in [6.45, 7) is 0.908. The van der Waals surface area contributed by atoms with Crippen LogP contribution in [0.2, 0.25) is 5.02 Å². The van der Waals surface area contributed by atoms with Gasteiger partial charge in [0, 0.05) is 18.1 Å². The third kappa shape index (κ3) is 3.97. The smallest absolute Gasteiger partial charge is 0.176 e. The van der Waals surface area contributed by atoms with Gasteiger partial charge in [-0.1, -0.05) is 41.9 Å². The van der Waals surface area contributed by atoms with Crippen molar-refractivity contribution < 1.29 is 9.84 Å². The molecule has 4 nitrogen and oxygen atoms in total. The lowest BCUT2D eigenvalue weighted by Gasteiger charge is -2.12. The number of rotatable bonds is 5. The van der Waals surface area contributed by atoms with Crippen LogP contribution in [0.5, 0.6) is 11.5 Å². The zero-order valence-corrected chi connectivity index (χ0v) is 17.9. The van der Waals surface area contributed by atoms with Crippen molar-refractivity contribution in [2.45, 2.75) is 6.54 Å². The number of methoxy groups -OCH3 is 1. The van der Waals surface area contributed by atoms with Gasteiger partial charge in [-0.2, -0.15) is 0 Å². The molecule has 0 aliphatic carbocycles. The minimum Gasteiger partial charge on any atom is -0.503 e. The van der Waals surface area contributed by atoms with Crippen LogP contribution in [0.4, 0.5) is 0 Å². The van der Waals surface area contributed by atoms with Crippen LogP contribution in [0.15, 0.2) is 66.9 Å². The molecular formula is C25H23ClN2O2. The molecule has 4 rings (SSSR count). The highest BCUT2D eigenvalue weighted by molar-refractivity contribution is 6.32. The van der Waals surface area contributed by atoms with Crippen molar-refractivity contribution in [3.63, 3.8) is 0 Å². The van der Waals surface area contributed by atoms with Gasteiger partial charge >= 0.3 is 0 Å². The van der Waals surface area contributed by atoms with Crippen molar-refractivity contribution >= 4 is 22.5 Å². The number of ether oxygens (including phenoxy) is 1. The first-order chi connectivity index (χ1) is 14.5. The van der Waals surface area contributed by atoms with Crippen LogP contribution in [-0.2, 0) is 6.54 Å². The van der Waals surface area contributed by atoms with Gasteiger partial charge in [0.2, 0.25) is 0 Å². The first-order valence-electron chi connectivity index (χ1n) is 9.66. The summed E-state index contributed by atoms with van der Waals surface area (Å²) in [7, 11) is 5.64. The number of benzene rings is 3. The Labute approximate surface area is 181 Å². The molecule has 152 valence electrons. The van der Waals surface area contributed by atoms with Crippen LogP contribution >= 0.6 is 11.6 Å². The van der Waals surface area contributed by atoms with Crippen molar-refractivity contribution in [2.24, 2.45) is 0 Å². The fourth-order valence-electron chi connectivity index (χ4n) is 3.63. The molecule has 0 fully saturated rings. The summed E-state index contributed by atoms with van der Waals surface area (Å²) in [5.74, 6) is 0.296. The molecule has 1 aromatic heterocycles. The summed E-state index contributed by atoms with van der Waals surface area (Å²) >= 11 is 6.20. The molecule has 3 aromatic carbocycles.